The Morgan fingerprint density at radius 1 is 0.418 bits per heavy atom. The lowest BCUT2D eigenvalue weighted by atomic mass is 9.84. The van der Waals surface area contributed by atoms with Crippen LogP contribution in [0.2, 0.25) is 0 Å². The van der Waals surface area contributed by atoms with E-state index in [1.807, 2.05) is 6.08 Å². The minimum atomic E-state index is -5.71. The largest absolute Gasteiger partial charge is 0.472 e. The van der Waals surface area contributed by atoms with Crippen molar-refractivity contribution in [1.82, 2.24) is 0 Å². The van der Waals surface area contributed by atoms with Gasteiger partial charge in [0.1, 0.15) is 98.7 Å². The first kappa shape index (κ1) is 89.4. The third-order valence-corrected chi connectivity index (χ3v) is 19.5. The quantitative estimate of drug-likeness (QED) is 0.00513. The number of hydrogen-bond acceptors (Lipinski definition) is 23. The molecule has 25 heteroatoms. The maximum Gasteiger partial charge on any atom is 0.472 e. The number of carbonyl (C=O) groups is 3. The van der Waals surface area contributed by atoms with Crippen LogP contribution < -0.4 is 0 Å². The second kappa shape index (κ2) is 54.8. The van der Waals surface area contributed by atoms with Crippen LogP contribution in [0, 0.1) is 0 Å². The first-order valence-corrected chi connectivity index (χ1v) is 39.3. The average Bonchev–Trinajstić information content (AvgIpc) is 0.763. The van der Waals surface area contributed by atoms with E-state index < -0.39 is 156 Å². The second-order valence-electron chi connectivity index (χ2n) is 27.1. The summed E-state index contributed by atoms with van der Waals surface area (Å²) in [4.78, 5) is 50.9. The van der Waals surface area contributed by atoms with E-state index in [4.69, 9.17) is 42.2 Å². The zero-order valence-corrected chi connectivity index (χ0v) is 60.5. The Kier molecular flexibility index (Phi) is 50.0. The number of aliphatic hydroxyl groups excluding tert-OH is 10. The highest BCUT2D eigenvalue weighted by Crippen LogP contribution is 2.49. The van der Waals surface area contributed by atoms with Crippen molar-refractivity contribution in [3.63, 3.8) is 0 Å². The molecule has 0 aromatic rings. The summed E-state index contributed by atoms with van der Waals surface area (Å²) in [5, 5.41) is 110. The Morgan fingerprint density at radius 2 is 0.796 bits per heavy atom. The first-order chi connectivity index (χ1) is 47.3. The van der Waals surface area contributed by atoms with E-state index >= 15 is 0 Å². The fourth-order valence-electron chi connectivity index (χ4n) is 12.3. The summed E-state index contributed by atoms with van der Waals surface area (Å²) in [6.45, 7) is 3.34. The van der Waals surface area contributed by atoms with Crippen molar-refractivity contribution < 1.29 is 117 Å². The normalized spacial score (nSPS) is 27.8. The molecule has 0 aromatic heterocycles. The number of ether oxygens (including phenoxy) is 7. The fraction of sp³-hybridized carbons (Fsp3) is 0.877. The fourth-order valence-corrected chi connectivity index (χ4v) is 13.3. The third kappa shape index (κ3) is 37.6. The minimum absolute atomic E-state index is 0.0232. The van der Waals surface area contributed by atoms with Crippen molar-refractivity contribution in [2.24, 2.45) is 0 Å². The van der Waals surface area contributed by atoms with Crippen LogP contribution in [0.25, 0.3) is 0 Å². The molecule has 98 heavy (non-hydrogen) atoms. The highest BCUT2D eigenvalue weighted by atomic mass is 31.2. The van der Waals surface area contributed by atoms with Crippen LogP contribution in [0.15, 0.2) is 36.5 Å². The molecule has 2 heterocycles. The molecule has 24 nitrogen and oxygen atoms in total. The topological polar surface area (TPSA) is 374 Å². The molecule has 0 amide bonds. The molecule has 0 bridgehead atoms. The van der Waals surface area contributed by atoms with Crippen molar-refractivity contribution in [3.8, 4) is 0 Å². The van der Waals surface area contributed by atoms with Crippen LogP contribution >= 0.6 is 7.82 Å². The molecular formula is C73H131O24P. The number of esters is 3. The van der Waals surface area contributed by atoms with Gasteiger partial charge in [0.05, 0.1) is 13.2 Å². The van der Waals surface area contributed by atoms with Gasteiger partial charge in [0.2, 0.25) is 0 Å². The average molecular weight is 1420 g/mol. The first-order valence-electron chi connectivity index (χ1n) is 37.8. The Balaban J connectivity index is 1.75. The lowest BCUT2D eigenvalue weighted by molar-refractivity contribution is -0.360. The van der Waals surface area contributed by atoms with Crippen LogP contribution in [-0.2, 0) is 61.2 Å². The molecule has 18 atom stereocenters. The summed E-state index contributed by atoms with van der Waals surface area (Å²) < 4.78 is 64.8. The maximum absolute atomic E-state index is 14.3. The van der Waals surface area contributed by atoms with Gasteiger partial charge in [0.15, 0.2) is 18.7 Å². The van der Waals surface area contributed by atoms with E-state index in [1.165, 1.54) is 147 Å². The lowest BCUT2D eigenvalue weighted by Crippen LogP contribution is -2.69. The van der Waals surface area contributed by atoms with E-state index in [0.717, 1.165) is 96.0 Å². The third-order valence-electron chi connectivity index (χ3n) is 18.5. The monoisotopic (exact) mass is 1420 g/mol. The van der Waals surface area contributed by atoms with Gasteiger partial charge < -0.3 is 89.1 Å². The van der Waals surface area contributed by atoms with Gasteiger partial charge >= 0.3 is 25.7 Å². The highest BCUT2D eigenvalue weighted by molar-refractivity contribution is 7.47. The summed E-state index contributed by atoms with van der Waals surface area (Å²) in [6.07, 6.45) is 17.0. The Labute approximate surface area is 585 Å². The van der Waals surface area contributed by atoms with Gasteiger partial charge in [0.25, 0.3) is 0 Å². The van der Waals surface area contributed by atoms with Crippen LogP contribution in [-0.4, -0.2) is 204 Å². The molecule has 572 valence electrons. The molecule has 11 N–H and O–H groups in total. The molecule has 1 aliphatic carbocycles. The summed E-state index contributed by atoms with van der Waals surface area (Å²) in [6, 6.07) is 0. The SMILES string of the molecule is CCCCCCCCC/C=C\CCCCCC(=O)OCC(COP(=O)(O)OC1C(OC2OC(CO)C(O)C(O)C2O)C(O)C(O)C(O)C1OC1OC(COC(=O)/C=C/C=C/CCCCCCCCCCCCC)C(O)C(O)C1O)OC(=O)CCCCCCCCCCCCCCCC. The van der Waals surface area contributed by atoms with Crippen LogP contribution in [0.3, 0.4) is 0 Å². The molecule has 0 spiro atoms. The number of hydrogen-bond donors (Lipinski definition) is 11. The molecule has 0 aromatic carbocycles. The van der Waals surface area contributed by atoms with Crippen molar-refractivity contribution >= 4 is 25.7 Å². The predicted molar refractivity (Wildman–Crippen MR) is 370 cm³/mol. The Hall–Kier alpha value is -2.82. The van der Waals surface area contributed by atoms with Gasteiger partial charge in [-0.2, -0.15) is 0 Å². The van der Waals surface area contributed by atoms with Gasteiger partial charge in [0, 0.05) is 18.9 Å². The second-order valence-corrected chi connectivity index (χ2v) is 28.5. The Morgan fingerprint density at radius 3 is 1.24 bits per heavy atom. The molecular weight excluding hydrogens is 1290 g/mol. The number of phosphoric acid groups is 1. The van der Waals surface area contributed by atoms with Crippen LogP contribution in [0.4, 0.5) is 0 Å². The lowest BCUT2D eigenvalue weighted by Gasteiger charge is -2.49. The van der Waals surface area contributed by atoms with Crippen LogP contribution in [0.1, 0.15) is 278 Å². The maximum atomic E-state index is 14.3. The van der Waals surface area contributed by atoms with Gasteiger partial charge in [-0.05, 0) is 51.4 Å². The molecule has 3 rings (SSSR count). The summed E-state index contributed by atoms with van der Waals surface area (Å²) in [5.74, 6) is -2.24. The van der Waals surface area contributed by atoms with Crippen molar-refractivity contribution in [2.45, 2.75) is 382 Å². The molecule has 3 aliphatic rings. The zero-order chi connectivity index (χ0) is 71.8. The van der Waals surface area contributed by atoms with Gasteiger partial charge in [-0.25, -0.2) is 9.36 Å². The molecule has 3 fully saturated rings. The van der Waals surface area contributed by atoms with E-state index in [0.29, 0.717) is 12.8 Å². The van der Waals surface area contributed by atoms with E-state index in [1.54, 1.807) is 6.08 Å². The number of allylic oxidation sites excluding steroid dienone is 5. The highest BCUT2D eigenvalue weighted by Gasteiger charge is 2.58. The Bertz CT molecular complexity index is 2170. The van der Waals surface area contributed by atoms with Crippen LogP contribution in [0.5, 0.6) is 0 Å². The number of rotatable bonds is 58. The van der Waals surface area contributed by atoms with Gasteiger partial charge in [-0.3, -0.25) is 18.6 Å². The van der Waals surface area contributed by atoms with Gasteiger partial charge in [-0.1, -0.05) is 244 Å². The molecule has 2 aliphatic heterocycles. The van der Waals surface area contributed by atoms with E-state index in [9.17, 15) is 74.9 Å². The van der Waals surface area contributed by atoms with Gasteiger partial charge in [-0.15, -0.1) is 0 Å². The number of unbranched alkanes of at least 4 members (excludes halogenated alkanes) is 34. The van der Waals surface area contributed by atoms with Crippen molar-refractivity contribution in [1.29, 1.82) is 0 Å². The molecule has 2 saturated heterocycles. The summed E-state index contributed by atoms with van der Waals surface area (Å²) in [7, 11) is -5.71. The number of phosphoric ester groups is 1. The van der Waals surface area contributed by atoms with E-state index in [-0.39, 0.29) is 12.8 Å². The molecule has 1 saturated carbocycles. The summed E-state index contributed by atoms with van der Waals surface area (Å²) in [5.41, 5.74) is 0. The molecule has 18 unspecified atom stereocenters. The standard InChI is InChI=1S/C73H131O24P/c1-4-7-10-13-16-19-22-25-28-31-33-36-39-42-45-48-58(76)90-53-56-61(79)63(81)68(86)73(94-56)96-70-66(84)64(82)65(83)69(95-72-67(85)62(80)60(78)55(50-74)93-72)71(70)97-98(87,88)91-52-54(92-59(77)49-46-43-40-37-34-30-27-24-21-18-15-12-9-6-3)51-89-57(75)47-44-41-38-35-32-29-26-23-20-17-14-11-8-5-2/h29,32,39,42,45,48,54-56,60-74,78-86H,4-28,30-31,33-38,40-41,43-44,46-47,49-53H2,1-3H3,(H,87,88)/b32-29-,42-39+,48-45+. The number of aliphatic hydroxyl groups is 10. The number of carbonyl (C=O) groups excluding carboxylic acids is 3. The zero-order valence-electron chi connectivity index (χ0n) is 59.6. The smallest absolute Gasteiger partial charge is 0.462 e. The predicted octanol–water partition coefficient (Wildman–Crippen LogP) is 10.3. The molecule has 0 radical (unpaired) electrons. The van der Waals surface area contributed by atoms with Crippen molar-refractivity contribution in [2.75, 3.05) is 26.4 Å². The van der Waals surface area contributed by atoms with Crippen molar-refractivity contribution in [3.05, 3.63) is 36.5 Å². The minimum Gasteiger partial charge on any atom is -0.462 e. The summed E-state index contributed by atoms with van der Waals surface area (Å²) >= 11 is 0. The van der Waals surface area contributed by atoms with E-state index in [2.05, 4.69) is 32.9 Å².